The van der Waals surface area contributed by atoms with Crippen molar-refractivity contribution >= 4 is 29.4 Å². The third-order valence-corrected chi connectivity index (χ3v) is 6.14. The van der Waals surface area contributed by atoms with E-state index >= 15 is 0 Å². The Morgan fingerprint density at radius 2 is 1.76 bits per heavy atom. The van der Waals surface area contributed by atoms with Crippen molar-refractivity contribution in [2.24, 2.45) is 0 Å². The molecule has 1 saturated heterocycles. The minimum absolute atomic E-state index is 0.0202. The molecule has 0 saturated carbocycles. The highest BCUT2D eigenvalue weighted by atomic mass is 32.2. The summed E-state index contributed by atoms with van der Waals surface area (Å²) in [5, 5.41) is 5.53. The number of likely N-dealkylation sites (tertiary alicyclic amines) is 1. The summed E-state index contributed by atoms with van der Waals surface area (Å²) in [5.74, 6) is 0.624. The number of carbonyl (C=O) groups excluding carboxylic acids is 2. The van der Waals surface area contributed by atoms with Crippen LogP contribution in [0.4, 0.5) is 14.9 Å². The summed E-state index contributed by atoms with van der Waals surface area (Å²) in [7, 11) is 0. The molecule has 0 aliphatic carbocycles. The number of rotatable bonds is 6. The zero-order valence-electron chi connectivity index (χ0n) is 16.4. The summed E-state index contributed by atoms with van der Waals surface area (Å²) >= 11 is 1.65. The van der Waals surface area contributed by atoms with Crippen LogP contribution in [0.3, 0.4) is 0 Å². The predicted molar refractivity (Wildman–Crippen MR) is 115 cm³/mol. The van der Waals surface area contributed by atoms with E-state index < -0.39 is 0 Å². The molecule has 1 fully saturated rings. The van der Waals surface area contributed by atoms with Gasteiger partial charge in [0, 0.05) is 30.6 Å². The molecule has 1 aliphatic heterocycles. The maximum atomic E-state index is 12.9. The van der Waals surface area contributed by atoms with E-state index in [1.165, 1.54) is 29.8 Å². The normalized spacial score (nSPS) is 15.6. The van der Waals surface area contributed by atoms with Crippen LogP contribution in [0.5, 0.6) is 0 Å². The zero-order chi connectivity index (χ0) is 20.6. The van der Waals surface area contributed by atoms with Crippen LogP contribution < -0.4 is 10.6 Å². The molecule has 0 bridgehead atoms. The molecule has 2 aromatic rings. The summed E-state index contributed by atoms with van der Waals surface area (Å²) in [6, 6.07) is 15.5. The molecule has 3 amide bonds. The van der Waals surface area contributed by atoms with Gasteiger partial charge >= 0.3 is 6.03 Å². The Bertz CT molecular complexity index is 809. The predicted octanol–water partition coefficient (Wildman–Crippen LogP) is 4.26. The third-order valence-electron chi connectivity index (χ3n) is 4.93. The minimum atomic E-state index is -0.343. The molecule has 1 atom stereocenters. The van der Waals surface area contributed by atoms with Crippen molar-refractivity contribution in [3.63, 3.8) is 0 Å². The van der Waals surface area contributed by atoms with Gasteiger partial charge in [-0.2, -0.15) is 0 Å². The van der Waals surface area contributed by atoms with Gasteiger partial charge in [-0.1, -0.05) is 30.3 Å². The number of anilines is 1. The van der Waals surface area contributed by atoms with Gasteiger partial charge in [-0.15, -0.1) is 11.8 Å². The topological polar surface area (TPSA) is 61.4 Å². The van der Waals surface area contributed by atoms with E-state index in [0.29, 0.717) is 18.8 Å². The van der Waals surface area contributed by atoms with Gasteiger partial charge in [-0.05, 0) is 49.6 Å². The fourth-order valence-electron chi connectivity index (χ4n) is 3.25. The smallest absolute Gasteiger partial charge is 0.319 e. The van der Waals surface area contributed by atoms with Crippen LogP contribution in [0, 0.1) is 5.82 Å². The van der Waals surface area contributed by atoms with E-state index in [0.717, 1.165) is 18.6 Å². The summed E-state index contributed by atoms with van der Waals surface area (Å²) < 4.78 is 12.9. The van der Waals surface area contributed by atoms with Crippen molar-refractivity contribution in [3.8, 4) is 0 Å². The number of nitrogens with zero attached hydrogens (tertiary/aromatic N) is 1. The van der Waals surface area contributed by atoms with Crippen molar-refractivity contribution < 1.29 is 14.0 Å². The van der Waals surface area contributed by atoms with Gasteiger partial charge in [0.1, 0.15) is 5.82 Å². The largest absolute Gasteiger partial charge is 0.342 e. The van der Waals surface area contributed by atoms with Crippen LogP contribution in [0.15, 0.2) is 54.6 Å². The number of thioether (sulfide) groups is 1. The number of urea groups is 1. The second kappa shape index (κ2) is 10.3. The first kappa shape index (κ1) is 21.2. The van der Waals surface area contributed by atoms with E-state index in [2.05, 4.69) is 22.8 Å². The van der Waals surface area contributed by atoms with Gasteiger partial charge in [-0.25, -0.2) is 9.18 Å². The lowest BCUT2D eigenvalue weighted by Crippen LogP contribution is -2.49. The van der Waals surface area contributed by atoms with Crippen LogP contribution in [-0.4, -0.2) is 41.2 Å². The molecule has 7 heteroatoms. The summed E-state index contributed by atoms with van der Waals surface area (Å²) in [6.07, 6.45) is 1.44. The summed E-state index contributed by atoms with van der Waals surface area (Å²) in [6.45, 7) is 3.23. The molecule has 3 rings (SSSR count). The third kappa shape index (κ3) is 6.49. The second-order valence-electron chi connectivity index (χ2n) is 7.14. The lowest BCUT2D eigenvalue weighted by atomic mass is 10.0. The van der Waals surface area contributed by atoms with Gasteiger partial charge in [-0.3, -0.25) is 4.79 Å². The van der Waals surface area contributed by atoms with Gasteiger partial charge in [0.2, 0.25) is 5.91 Å². The number of amides is 3. The molecule has 0 spiro atoms. The van der Waals surface area contributed by atoms with Gasteiger partial charge < -0.3 is 15.5 Å². The molecule has 5 nitrogen and oxygen atoms in total. The Kier molecular flexibility index (Phi) is 7.52. The minimum Gasteiger partial charge on any atom is -0.342 e. The van der Waals surface area contributed by atoms with Crippen molar-refractivity contribution in [1.29, 1.82) is 0 Å². The number of hydrogen-bond acceptors (Lipinski definition) is 3. The molecular weight excluding hydrogens is 389 g/mol. The average Bonchev–Trinajstić information content (AvgIpc) is 2.74. The average molecular weight is 416 g/mol. The van der Waals surface area contributed by atoms with Crippen molar-refractivity contribution in [2.45, 2.75) is 36.8 Å². The number of carbonyl (C=O) groups is 2. The molecule has 2 N–H and O–H groups in total. The molecule has 29 heavy (non-hydrogen) atoms. The van der Waals surface area contributed by atoms with E-state index in [4.69, 9.17) is 0 Å². The highest BCUT2D eigenvalue weighted by molar-refractivity contribution is 7.99. The molecule has 2 aromatic carbocycles. The van der Waals surface area contributed by atoms with Gasteiger partial charge in [0.25, 0.3) is 0 Å². The van der Waals surface area contributed by atoms with E-state index in [9.17, 15) is 14.0 Å². The molecule has 1 unspecified atom stereocenters. The van der Waals surface area contributed by atoms with Crippen molar-refractivity contribution in [1.82, 2.24) is 10.2 Å². The van der Waals surface area contributed by atoms with Crippen LogP contribution in [0.25, 0.3) is 0 Å². The molecule has 154 valence electrons. The van der Waals surface area contributed by atoms with Gasteiger partial charge in [0.15, 0.2) is 0 Å². The quantitative estimate of drug-likeness (QED) is 0.741. The van der Waals surface area contributed by atoms with Crippen LogP contribution in [0.1, 0.15) is 25.3 Å². The maximum absolute atomic E-state index is 12.9. The second-order valence-corrected chi connectivity index (χ2v) is 8.47. The van der Waals surface area contributed by atoms with E-state index in [-0.39, 0.29) is 29.0 Å². The molecule has 0 aromatic heterocycles. The number of halogens is 1. The Morgan fingerprint density at radius 3 is 2.41 bits per heavy atom. The standard InChI is InChI=1S/C22H26FN3O2S/c1-16(29-15-17-5-3-2-4-6-17)21(27)26-13-11-20(12-14-26)25-22(28)24-19-9-7-18(23)8-10-19/h2-10,16,20H,11-15H2,1H3,(H2,24,25,28). The molecule has 1 heterocycles. The number of piperidine rings is 1. The van der Waals surface area contributed by atoms with E-state index in [1.807, 2.05) is 30.0 Å². The first-order valence-electron chi connectivity index (χ1n) is 9.78. The van der Waals surface area contributed by atoms with Crippen molar-refractivity contribution in [2.75, 3.05) is 18.4 Å². The Labute approximate surface area is 175 Å². The Balaban J connectivity index is 1.39. The number of nitrogens with one attached hydrogen (secondary N) is 2. The first-order chi connectivity index (χ1) is 14.0. The summed E-state index contributed by atoms with van der Waals surface area (Å²) in [5.41, 5.74) is 1.76. The summed E-state index contributed by atoms with van der Waals surface area (Å²) in [4.78, 5) is 26.7. The van der Waals surface area contributed by atoms with Crippen LogP contribution >= 0.6 is 11.8 Å². The highest BCUT2D eigenvalue weighted by Crippen LogP contribution is 2.21. The fraction of sp³-hybridized carbons (Fsp3) is 0.364. The van der Waals surface area contributed by atoms with Crippen LogP contribution in [-0.2, 0) is 10.5 Å². The zero-order valence-corrected chi connectivity index (χ0v) is 17.3. The lowest BCUT2D eigenvalue weighted by Gasteiger charge is -2.33. The molecule has 1 aliphatic rings. The van der Waals surface area contributed by atoms with Crippen LogP contribution in [0.2, 0.25) is 0 Å². The number of hydrogen-bond donors (Lipinski definition) is 2. The maximum Gasteiger partial charge on any atom is 0.319 e. The van der Waals surface area contributed by atoms with Gasteiger partial charge in [0.05, 0.1) is 5.25 Å². The molecule has 0 radical (unpaired) electrons. The Morgan fingerprint density at radius 1 is 1.10 bits per heavy atom. The lowest BCUT2D eigenvalue weighted by molar-refractivity contribution is -0.131. The van der Waals surface area contributed by atoms with Crippen molar-refractivity contribution in [3.05, 3.63) is 66.0 Å². The fourth-order valence-corrected chi connectivity index (χ4v) is 4.18. The highest BCUT2D eigenvalue weighted by Gasteiger charge is 2.27. The first-order valence-corrected chi connectivity index (χ1v) is 10.8. The SMILES string of the molecule is CC(SCc1ccccc1)C(=O)N1CCC(NC(=O)Nc2ccc(F)cc2)CC1. The Hall–Kier alpha value is -2.54. The molecular formula is C22H26FN3O2S. The number of benzene rings is 2. The van der Waals surface area contributed by atoms with E-state index in [1.54, 1.807) is 11.8 Å². The monoisotopic (exact) mass is 415 g/mol.